The summed E-state index contributed by atoms with van der Waals surface area (Å²) in [6.07, 6.45) is 0.141. The maximum atomic E-state index is 11.5. The van der Waals surface area contributed by atoms with Gasteiger partial charge >= 0.3 is 0 Å². The third kappa shape index (κ3) is 2.46. The van der Waals surface area contributed by atoms with Crippen LogP contribution in [0.4, 0.5) is 0 Å². The van der Waals surface area contributed by atoms with Crippen LogP contribution in [0.25, 0.3) is 11.3 Å². The fourth-order valence-electron chi connectivity index (χ4n) is 1.80. The standard InChI is InChI=1S/C13H17N3O2/c1-8(2)18-10-5-3-9(4-6-10)12-11(7-14)13(17)16-15-12/h3-6,8H,7,14H2,1-2H3,(H2,15,16,17). The van der Waals surface area contributed by atoms with Gasteiger partial charge in [-0.25, -0.2) is 0 Å². The Morgan fingerprint density at radius 1 is 1.22 bits per heavy atom. The molecule has 0 aliphatic heterocycles. The molecule has 0 fully saturated rings. The number of H-pyrrole nitrogens is 2. The van der Waals surface area contributed by atoms with E-state index in [9.17, 15) is 4.79 Å². The first-order valence-electron chi connectivity index (χ1n) is 5.88. The summed E-state index contributed by atoms with van der Waals surface area (Å²) in [4.78, 5) is 11.5. The molecule has 1 aromatic carbocycles. The molecule has 18 heavy (non-hydrogen) atoms. The molecular weight excluding hydrogens is 230 g/mol. The molecule has 1 aromatic heterocycles. The number of nitrogens with one attached hydrogen (secondary N) is 2. The third-order valence-electron chi connectivity index (χ3n) is 2.60. The van der Waals surface area contributed by atoms with Crippen LogP contribution in [-0.2, 0) is 6.54 Å². The van der Waals surface area contributed by atoms with Crippen LogP contribution in [0.15, 0.2) is 29.1 Å². The summed E-state index contributed by atoms with van der Waals surface area (Å²) in [5, 5.41) is 5.38. The van der Waals surface area contributed by atoms with E-state index >= 15 is 0 Å². The molecule has 0 aliphatic carbocycles. The molecule has 4 N–H and O–H groups in total. The molecule has 0 saturated heterocycles. The summed E-state index contributed by atoms with van der Waals surface area (Å²) in [5.74, 6) is 0.806. The normalized spacial score (nSPS) is 10.9. The maximum absolute atomic E-state index is 11.5. The predicted molar refractivity (Wildman–Crippen MR) is 70.5 cm³/mol. The lowest BCUT2D eigenvalue weighted by Gasteiger charge is -2.09. The number of benzene rings is 1. The van der Waals surface area contributed by atoms with Crippen molar-refractivity contribution in [1.29, 1.82) is 0 Å². The van der Waals surface area contributed by atoms with E-state index in [-0.39, 0.29) is 18.2 Å². The summed E-state index contributed by atoms with van der Waals surface area (Å²) in [6.45, 7) is 4.16. The van der Waals surface area contributed by atoms with E-state index in [1.165, 1.54) is 0 Å². The summed E-state index contributed by atoms with van der Waals surface area (Å²) in [7, 11) is 0. The first-order valence-corrected chi connectivity index (χ1v) is 5.88. The lowest BCUT2D eigenvalue weighted by molar-refractivity contribution is 0.242. The molecule has 5 heteroatoms. The Hall–Kier alpha value is -2.01. The Labute approximate surface area is 105 Å². The van der Waals surface area contributed by atoms with Gasteiger partial charge in [-0.15, -0.1) is 0 Å². The fourth-order valence-corrected chi connectivity index (χ4v) is 1.80. The molecule has 0 aliphatic rings. The minimum atomic E-state index is -0.171. The summed E-state index contributed by atoms with van der Waals surface area (Å²) < 4.78 is 5.56. The molecule has 2 rings (SSSR count). The average molecular weight is 247 g/mol. The molecule has 0 saturated carbocycles. The van der Waals surface area contributed by atoms with Gasteiger partial charge in [-0.05, 0) is 38.1 Å². The largest absolute Gasteiger partial charge is 0.491 e. The van der Waals surface area contributed by atoms with Gasteiger partial charge in [-0.2, -0.15) is 0 Å². The van der Waals surface area contributed by atoms with Crippen molar-refractivity contribution in [2.45, 2.75) is 26.5 Å². The van der Waals surface area contributed by atoms with Gasteiger partial charge in [0.2, 0.25) is 0 Å². The first kappa shape index (κ1) is 12.4. The minimum Gasteiger partial charge on any atom is -0.491 e. The molecular formula is C13H17N3O2. The van der Waals surface area contributed by atoms with Crippen molar-refractivity contribution in [3.63, 3.8) is 0 Å². The van der Waals surface area contributed by atoms with Crippen LogP contribution in [0.5, 0.6) is 5.75 Å². The first-order chi connectivity index (χ1) is 8.61. The van der Waals surface area contributed by atoms with Crippen LogP contribution in [0, 0.1) is 0 Å². The molecule has 96 valence electrons. The van der Waals surface area contributed by atoms with Crippen LogP contribution in [-0.4, -0.2) is 16.3 Å². The molecule has 0 radical (unpaired) electrons. The zero-order chi connectivity index (χ0) is 13.1. The summed E-state index contributed by atoms with van der Waals surface area (Å²) in [5.41, 5.74) is 7.60. The Balaban J connectivity index is 2.31. The zero-order valence-corrected chi connectivity index (χ0v) is 10.5. The van der Waals surface area contributed by atoms with Crippen molar-refractivity contribution in [3.8, 4) is 17.0 Å². The van der Waals surface area contributed by atoms with Gasteiger partial charge in [-0.3, -0.25) is 15.0 Å². The van der Waals surface area contributed by atoms with Crippen molar-refractivity contribution in [1.82, 2.24) is 10.2 Å². The lowest BCUT2D eigenvalue weighted by atomic mass is 10.1. The van der Waals surface area contributed by atoms with Crippen molar-refractivity contribution in [3.05, 3.63) is 40.2 Å². The monoisotopic (exact) mass is 247 g/mol. The molecule has 0 bridgehead atoms. The SMILES string of the molecule is CC(C)Oc1ccc(-c2[nH][nH]c(=O)c2CN)cc1. The topological polar surface area (TPSA) is 83.9 Å². The molecule has 1 heterocycles. The van der Waals surface area contributed by atoms with Crippen LogP contribution in [0.1, 0.15) is 19.4 Å². The highest BCUT2D eigenvalue weighted by Gasteiger charge is 2.10. The van der Waals surface area contributed by atoms with Crippen LogP contribution in [0.2, 0.25) is 0 Å². The van der Waals surface area contributed by atoms with E-state index in [1.807, 2.05) is 38.1 Å². The van der Waals surface area contributed by atoms with E-state index < -0.39 is 0 Å². The van der Waals surface area contributed by atoms with Crippen molar-refractivity contribution < 1.29 is 4.74 Å². The van der Waals surface area contributed by atoms with E-state index in [2.05, 4.69) is 10.2 Å². The van der Waals surface area contributed by atoms with Crippen molar-refractivity contribution >= 4 is 0 Å². The average Bonchev–Trinajstić information content (AvgIpc) is 2.70. The van der Waals surface area contributed by atoms with Gasteiger partial charge in [0, 0.05) is 12.1 Å². The second-order valence-electron chi connectivity index (χ2n) is 4.33. The predicted octanol–water partition coefficient (Wildman–Crippen LogP) is 1.62. The molecule has 0 amide bonds. The number of hydrogen-bond acceptors (Lipinski definition) is 3. The second kappa shape index (κ2) is 5.10. The van der Waals surface area contributed by atoms with Crippen LogP contribution >= 0.6 is 0 Å². The lowest BCUT2D eigenvalue weighted by Crippen LogP contribution is -2.10. The number of rotatable bonds is 4. The van der Waals surface area contributed by atoms with E-state index in [4.69, 9.17) is 10.5 Å². The Bertz CT molecular complexity index is 567. The Kier molecular flexibility index (Phi) is 3.53. The van der Waals surface area contributed by atoms with Crippen LogP contribution in [0.3, 0.4) is 0 Å². The summed E-state index contributed by atoms with van der Waals surface area (Å²) >= 11 is 0. The highest BCUT2D eigenvalue weighted by molar-refractivity contribution is 5.63. The molecule has 2 aromatic rings. The van der Waals surface area contributed by atoms with Gasteiger partial charge in [0.15, 0.2) is 0 Å². The van der Waals surface area contributed by atoms with Gasteiger partial charge in [-0.1, -0.05) is 0 Å². The second-order valence-corrected chi connectivity index (χ2v) is 4.33. The summed E-state index contributed by atoms with van der Waals surface area (Å²) in [6, 6.07) is 7.55. The minimum absolute atomic E-state index is 0.141. The number of aromatic nitrogens is 2. The molecule has 5 nitrogen and oxygen atoms in total. The highest BCUT2D eigenvalue weighted by atomic mass is 16.5. The third-order valence-corrected chi connectivity index (χ3v) is 2.60. The quantitative estimate of drug-likeness (QED) is 0.767. The van der Waals surface area contributed by atoms with Gasteiger partial charge < -0.3 is 10.5 Å². The number of aromatic amines is 2. The molecule has 0 unspecified atom stereocenters. The number of ether oxygens (including phenoxy) is 1. The smallest absolute Gasteiger partial charge is 0.269 e. The van der Waals surface area contributed by atoms with Crippen molar-refractivity contribution in [2.24, 2.45) is 5.73 Å². The van der Waals surface area contributed by atoms with Gasteiger partial charge in [0.25, 0.3) is 5.56 Å². The van der Waals surface area contributed by atoms with E-state index in [0.29, 0.717) is 5.56 Å². The highest BCUT2D eigenvalue weighted by Crippen LogP contribution is 2.22. The van der Waals surface area contributed by atoms with Crippen LogP contribution < -0.4 is 16.0 Å². The molecule has 0 atom stereocenters. The van der Waals surface area contributed by atoms with E-state index in [0.717, 1.165) is 17.0 Å². The number of nitrogens with two attached hydrogens (primary N) is 1. The van der Waals surface area contributed by atoms with Gasteiger partial charge in [0.1, 0.15) is 5.75 Å². The van der Waals surface area contributed by atoms with Crippen molar-refractivity contribution in [2.75, 3.05) is 0 Å². The Morgan fingerprint density at radius 2 is 1.89 bits per heavy atom. The molecule has 0 spiro atoms. The maximum Gasteiger partial charge on any atom is 0.269 e. The Morgan fingerprint density at radius 3 is 2.44 bits per heavy atom. The van der Waals surface area contributed by atoms with Gasteiger partial charge in [0.05, 0.1) is 17.4 Å². The zero-order valence-electron chi connectivity index (χ0n) is 10.5. The fraction of sp³-hybridized carbons (Fsp3) is 0.308. The van der Waals surface area contributed by atoms with E-state index in [1.54, 1.807) is 0 Å². The number of hydrogen-bond donors (Lipinski definition) is 3.